The lowest BCUT2D eigenvalue weighted by Gasteiger charge is -2.26. The summed E-state index contributed by atoms with van der Waals surface area (Å²) in [6.45, 7) is 6.80. The van der Waals surface area contributed by atoms with Gasteiger partial charge in [-0.1, -0.05) is 20.8 Å². The summed E-state index contributed by atoms with van der Waals surface area (Å²) in [6.07, 6.45) is 3.35. The Morgan fingerprint density at radius 1 is 1.31 bits per heavy atom. The lowest BCUT2D eigenvalue weighted by Crippen LogP contribution is -2.26. The Labute approximate surface area is 81.1 Å². The van der Waals surface area contributed by atoms with E-state index in [0.717, 1.165) is 18.8 Å². The number of nitrogens with one attached hydrogen (secondary N) is 1. The molecule has 1 rings (SSSR count). The lowest BCUT2D eigenvalue weighted by molar-refractivity contribution is -0.124. The largest absolute Gasteiger partial charge is 0.359 e. The molecule has 2 nitrogen and oxygen atoms in total. The molecule has 2 atom stereocenters. The molecule has 2 unspecified atom stereocenters. The molecule has 1 saturated carbocycles. The van der Waals surface area contributed by atoms with Crippen molar-refractivity contribution < 1.29 is 4.79 Å². The number of hydrogen-bond acceptors (Lipinski definition) is 1. The zero-order valence-corrected chi connectivity index (χ0v) is 9.18. The van der Waals surface area contributed by atoms with E-state index in [1.54, 1.807) is 7.05 Å². The van der Waals surface area contributed by atoms with Gasteiger partial charge in [-0.05, 0) is 30.6 Å². The fourth-order valence-electron chi connectivity index (χ4n) is 2.21. The van der Waals surface area contributed by atoms with Crippen LogP contribution in [0.2, 0.25) is 0 Å². The van der Waals surface area contributed by atoms with Crippen LogP contribution in [0.3, 0.4) is 0 Å². The first-order chi connectivity index (χ1) is 5.95. The summed E-state index contributed by atoms with van der Waals surface area (Å²) in [5.41, 5.74) is 0.364. The molecule has 2 heteroatoms. The van der Waals surface area contributed by atoms with Gasteiger partial charge in [-0.15, -0.1) is 0 Å². The fourth-order valence-corrected chi connectivity index (χ4v) is 2.21. The number of hydrogen-bond donors (Lipinski definition) is 1. The molecule has 0 heterocycles. The third-order valence-corrected chi connectivity index (χ3v) is 3.27. The Morgan fingerprint density at radius 3 is 2.31 bits per heavy atom. The maximum Gasteiger partial charge on any atom is 0.222 e. The van der Waals surface area contributed by atoms with Crippen LogP contribution in [0.25, 0.3) is 0 Å². The van der Waals surface area contributed by atoms with Crippen molar-refractivity contribution in [2.24, 2.45) is 17.3 Å². The first-order valence-corrected chi connectivity index (χ1v) is 5.16. The third-order valence-electron chi connectivity index (χ3n) is 3.27. The van der Waals surface area contributed by atoms with Crippen LogP contribution in [0, 0.1) is 17.3 Å². The van der Waals surface area contributed by atoms with Crippen LogP contribution in [0.4, 0.5) is 0 Å². The Balaban J connectivity index is 2.50. The molecule has 0 bridgehead atoms. The van der Waals surface area contributed by atoms with Gasteiger partial charge in [-0.2, -0.15) is 0 Å². The summed E-state index contributed by atoms with van der Waals surface area (Å²) in [6, 6.07) is 0. The van der Waals surface area contributed by atoms with E-state index in [1.165, 1.54) is 6.42 Å². The fraction of sp³-hybridized carbons (Fsp3) is 0.909. The van der Waals surface area contributed by atoms with Gasteiger partial charge in [0.1, 0.15) is 0 Å². The van der Waals surface area contributed by atoms with Gasteiger partial charge in [-0.25, -0.2) is 0 Å². The minimum Gasteiger partial charge on any atom is -0.359 e. The highest BCUT2D eigenvalue weighted by molar-refractivity contribution is 5.78. The zero-order chi connectivity index (χ0) is 10.1. The second kappa shape index (κ2) is 3.69. The van der Waals surface area contributed by atoms with Crippen molar-refractivity contribution in [3.05, 3.63) is 0 Å². The summed E-state index contributed by atoms with van der Waals surface area (Å²) in [5, 5.41) is 2.74. The van der Waals surface area contributed by atoms with Gasteiger partial charge in [0.15, 0.2) is 0 Å². The van der Waals surface area contributed by atoms with E-state index in [9.17, 15) is 4.79 Å². The molecule has 1 aliphatic rings. The highest BCUT2D eigenvalue weighted by Gasteiger charge is 2.35. The molecular weight excluding hydrogens is 162 g/mol. The van der Waals surface area contributed by atoms with Crippen LogP contribution in [-0.4, -0.2) is 13.0 Å². The van der Waals surface area contributed by atoms with E-state index in [4.69, 9.17) is 0 Å². The molecule has 0 spiro atoms. The topological polar surface area (TPSA) is 29.1 Å². The first kappa shape index (κ1) is 10.6. The van der Waals surface area contributed by atoms with Gasteiger partial charge >= 0.3 is 0 Å². The van der Waals surface area contributed by atoms with E-state index in [-0.39, 0.29) is 11.8 Å². The minimum atomic E-state index is 0.228. The van der Waals surface area contributed by atoms with Gasteiger partial charge in [0.05, 0.1) is 0 Å². The molecule has 0 saturated heterocycles. The highest BCUT2D eigenvalue weighted by atomic mass is 16.1. The number of carbonyl (C=O) groups excluding carboxylic acids is 1. The summed E-state index contributed by atoms with van der Waals surface area (Å²) in [4.78, 5) is 11.4. The Hall–Kier alpha value is -0.530. The number of carbonyl (C=O) groups is 1. The van der Waals surface area contributed by atoms with Crippen molar-refractivity contribution >= 4 is 5.91 Å². The SMILES string of the molecule is CNC(=O)C1CCC(C(C)(C)C)C1. The molecule has 13 heavy (non-hydrogen) atoms. The van der Waals surface area contributed by atoms with Crippen molar-refractivity contribution in [3.63, 3.8) is 0 Å². The second-order valence-electron chi connectivity index (χ2n) is 5.19. The Morgan fingerprint density at radius 2 is 1.92 bits per heavy atom. The molecule has 0 aromatic heterocycles. The van der Waals surface area contributed by atoms with Gasteiger partial charge in [0.25, 0.3) is 0 Å². The first-order valence-electron chi connectivity index (χ1n) is 5.16. The lowest BCUT2D eigenvalue weighted by atomic mass is 9.79. The molecular formula is C11H21NO. The smallest absolute Gasteiger partial charge is 0.222 e. The highest BCUT2D eigenvalue weighted by Crippen LogP contribution is 2.41. The van der Waals surface area contributed by atoms with Gasteiger partial charge < -0.3 is 5.32 Å². The van der Waals surface area contributed by atoms with Crippen LogP contribution < -0.4 is 5.32 Å². The van der Waals surface area contributed by atoms with Crippen LogP contribution in [-0.2, 0) is 4.79 Å². The third kappa shape index (κ3) is 2.45. The van der Waals surface area contributed by atoms with Crippen molar-refractivity contribution in [2.45, 2.75) is 40.0 Å². The molecule has 0 radical (unpaired) electrons. The van der Waals surface area contributed by atoms with Crippen molar-refractivity contribution in [3.8, 4) is 0 Å². The summed E-state index contributed by atoms with van der Waals surface area (Å²) in [7, 11) is 1.73. The molecule has 1 N–H and O–H groups in total. The summed E-state index contributed by atoms with van der Waals surface area (Å²) >= 11 is 0. The monoisotopic (exact) mass is 183 g/mol. The van der Waals surface area contributed by atoms with Gasteiger partial charge in [-0.3, -0.25) is 4.79 Å². The van der Waals surface area contributed by atoms with Crippen LogP contribution in [0.15, 0.2) is 0 Å². The molecule has 0 aromatic carbocycles. The quantitative estimate of drug-likeness (QED) is 0.663. The van der Waals surface area contributed by atoms with Crippen LogP contribution >= 0.6 is 0 Å². The number of rotatable bonds is 1. The average Bonchev–Trinajstić information content (AvgIpc) is 2.50. The minimum absolute atomic E-state index is 0.228. The molecule has 76 valence electrons. The van der Waals surface area contributed by atoms with Crippen LogP contribution in [0.1, 0.15) is 40.0 Å². The normalized spacial score (nSPS) is 28.9. The van der Waals surface area contributed by atoms with E-state index < -0.39 is 0 Å². The molecule has 1 fully saturated rings. The van der Waals surface area contributed by atoms with E-state index in [0.29, 0.717) is 5.41 Å². The average molecular weight is 183 g/mol. The van der Waals surface area contributed by atoms with E-state index in [2.05, 4.69) is 26.1 Å². The molecule has 1 aliphatic carbocycles. The van der Waals surface area contributed by atoms with Crippen LogP contribution in [0.5, 0.6) is 0 Å². The van der Waals surface area contributed by atoms with Crippen molar-refractivity contribution in [2.75, 3.05) is 7.05 Å². The molecule has 0 aliphatic heterocycles. The molecule has 0 aromatic rings. The standard InChI is InChI=1S/C11H21NO/c1-11(2,3)9-6-5-8(7-9)10(13)12-4/h8-9H,5-7H2,1-4H3,(H,12,13). The van der Waals surface area contributed by atoms with E-state index in [1.807, 2.05) is 0 Å². The maximum atomic E-state index is 11.4. The Bertz CT molecular complexity index is 193. The van der Waals surface area contributed by atoms with E-state index >= 15 is 0 Å². The Kier molecular flexibility index (Phi) is 2.99. The number of amides is 1. The predicted molar refractivity (Wildman–Crippen MR) is 54.4 cm³/mol. The van der Waals surface area contributed by atoms with Crippen molar-refractivity contribution in [1.29, 1.82) is 0 Å². The second-order valence-corrected chi connectivity index (χ2v) is 5.19. The summed E-state index contributed by atoms with van der Waals surface area (Å²) < 4.78 is 0. The van der Waals surface area contributed by atoms with Gasteiger partial charge in [0.2, 0.25) is 5.91 Å². The van der Waals surface area contributed by atoms with Crippen molar-refractivity contribution in [1.82, 2.24) is 5.32 Å². The zero-order valence-electron chi connectivity index (χ0n) is 9.18. The summed E-state index contributed by atoms with van der Waals surface area (Å²) in [5.74, 6) is 1.22. The molecule has 1 amide bonds. The maximum absolute atomic E-state index is 11.4. The van der Waals surface area contributed by atoms with Gasteiger partial charge in [0, 0.05) is 13.0 Å². The predicted octanol–water partition coefficient (Wildman–Crippen LogP) is 2.19.